The molecule has 1 amide bonds. The first kappa shape index (κ1) is 24.3. The molecular weight excluding hydrogens is 438 g/mol. The van der Waals surface area contributed by atoms with E-state index in [1.807, 2.05) is 24.4 Å². The Morgan fingerprint density at radius 2 is 1.76 bits per heavy atom. The molecule has 33 heavy (non-hydrogen) atoms. The Morgan fingerprint density at radius 1 is 1.03 bits per heavy atom. The van der Waals surface area contributed by atoms with Crippen LogP contribution in [0.1, 0.15) is 59.4 Å². The number of hydrogen-bond donors (Lipinski definition) is 1. The van der Waals surface area contributed by atoms with Crippen LogP contribution in [-0.4, -0.2) is 32.7 Å². The van der Waals surface area contributed by atoms with E-state index in [1.165, 1.54) is 31.1 Å². The molecule has 0 radical (unpaired) electrons. The van der Waals surface area contributed by atoms with Crippen molar-refractivity contribution in [3.63, 3.8) is 0 Å². The zero-order chi connectivity index (χ0) is 24.0. The van der Waals surface area contributed by atoms with Crippen LogP contribution in [0.2, 0.25) is 0 Å². The standard InChI is InChI=1S/C26H29NO5S/c1-6-14-32-26(29)22-20(18-12-10-17(11-13-18)16(2)3)15-33-25(22)27-24(28)19-8-7-9-21(30-4)23(19)31-5/h7-13,15-16H,6,14H2,1-5H3,(H,27,28). The van der Waals surface area contributed by atoms with Gasteiger partial charge in [-0.15, -0.1) is 11.3 Å². The average molecular weight is 468 g/mol. The molecule has 0 saturated carbocycles. The van der Waals surface area contributed by atoms with Gasteiger partial charge in [0, 0.05) is 10.9 Å². The second-order valence-electron chi connectivity index (χ2n) is 7.76. The normalized spacial score (nSPS) is 10.7. The molecule has 0 atom stereocenters. The smallest absolute Gasteiger partial charge is 0.341 e. The number of ether oxygens (including phenoxy) is 3. The zero-order valence-corrected chi connectivity index (χ0v) is 20.4. The number of thiophene rings is 1. The van der Waals surface area contributed by atoms with E-state index < -0.39 is 11.9 Å². The maximum absolute atomic E-state index is 13.1. The first-order chi connectivity index (χ1) is 15.9. The summed E-state index contributed by atoms with van der Waals surface area (Å²) in [6, 6.07) is 13.2. The first-order valence-electron chi connectivity index (χ1n) is 10.8. The van der Waals surface area contributed by atoms with Gasteiger partial charge in [-0.25, -0.2) is 4.79 Å². The highest BCUT2D eigenvalue weighted by molar-refractivity contribution is 7.15. The molecule has 1 N–H and O–H groups in total. The summed E-state index contributed by atoms with van der Waals surface area (Å²) in [7, 11) is 2.99. The molecule has 0 fully saturated rings. The van der Waals surface area contributed by atoms with E-state index >= 15 is 0 Å². The number of carbonyl (C=O) groups is 2. The number of amides is 1. The van der Waals surface area contributed by atoms with Crippen molar-refractivity contribution < 1.29 is 23.8 Å². The van der Waals surface area contributed by atoms with E-state index in [0.29, 0.717) is 46.6 Å². The molecule has 1 aromatic heterocycles. The summed E-state index contributed by atoms with van der Waals surface area (Å²) in [4.78, 5) is 26.1. The van der Waals surface area contributed by atoms with Crippen LogP contribution >= 0.6 is 11.3 Å². The lowest BCUT2D eigenvalue weighted by molar-refractivity contribution is 0.0507. The van der Waals surface area contributed by atoms with Gasteiger partial charge in [0.1, 0.15) is 10.6 Å². The number of methoxy groups -OCH3 is 2. The van der Waals surface area contributed by atoms with Gasteiger partial charge in [-0.2, -0.15) is 0 Å². The van der Waals surface area contributed by atoms with Gasteiger partial charge in [0.25, 0.3) is 5.91 Å². The first-order valence-corrected chi connectivity index (χ1v) is 11.7. The summed E-state index contributed by atoms with van der Waals surface area (Å²) in [6.45, 7) is 6.50. The summed E-state index contributed by atoms with van der Waals surface area (Å²) in [6.07, 6.45) is 0.705. The van der Waals surface area contributed by atoms with Crippen molar-refractivity contribution in [3.8, 4) is 22.6 Å². The van der Waals surface area contributed by atoms with Gasteiger partial charge in [0.2, 0.25) is 0 Å². The minimum atomic E-state index is -0.464. The third-order valence-corrected chi connectivity index (χ3v) is 6.09. The molecule has 0 saturated heterocycles. The number of rotatable bonds is 9. The van der Waals surface area contributed by atoms with Gasteiger partial charge >= 0.3 is 5.97 Å². The number of nitrogens with one attached hydrogen (secondary N) is 1. The fraction of sp³-hybridized carbons (Fsp3) is 0.308. The predicted molar refractivity (Wildman–Crippen MR) is 132 cm³/mol. The van der Waals surface area contributed by atoms with Gasteiger partial charge in [0.15, 0.2) is 11.5 Å². The second-order valence-corrected chi connectivity index (χ2v) is 8.64. The molecule has 0 spiro atoms. The maximum Gasteiger partial charge on any atom is 0.341 e. The maximum atomic E-state index is 13.1. The summed E-state index contributed by atoms with van der Waals surface area (Å²) >= 11 is 1.28. The highest BCUT2D eigenvalue weighted by Crippen LogP contribution is 2.38. The van der Waals surface area contributed by atoms with Crippen LogP contribution in [0.15, 0.2) is 47.8 Å². The van der Waals surface area contributed by atoms with Crippen molar-refractivity contribution in [1.29, 1.82) is 0 Å². The molecule has 174 valence electrons. The van der Waals surface area contributed by atoms with Crippen molar-refractivity contribution in [2.75, 3.05) is 26.1 Å². The van der Waals surface area contributed by atoms with Crippen LogP contribution < -0.4 is 14.8 Å². The van der Waals surface area contributed by atoms with Crippen molar-refractivity contribution in [2.24, 2.45) is 0 Å². The van der Waals surface area contributed by atoms with Crippen molar-refractivity contribution >= 4 is 28.2 Å². The lowest BCUT2D eigenvalue weighted by Gasteiger charge is -2.13. The summed E-state index contributed by atoms with van der Waals surface area (Å²) in [5, 5.41) is 5.16. The molecule has 3 rings (SSSR count). The SMILES string of the molecule is CCCOC(=O)c1c(-c2ccc(C(C)C)cc2)csc1NC(=O)c1cccc(OC)c1OC. The van der Waals surface area contributed by atoms with E-state index in [1.54, 1.807) is 18.2 Å². The van der Waals surface area contributed by atoms with Gasteiger partial charge < -0.3 is 19.5 Å². The Hall–Kier alpha value is -3.32. The zero-order valence-electron chi connectivity index (χ0n) is 19.6. The minimum absolute atomic E-state index is 0.303. The third-order valence-electron chi connectivity index (χ3n) is 5.20. The van der Waals surface area contributed by atoms with Crippen LogP contribution in [0.5, 0.6) is 11.5 Å². The average Bonchev–Trinajstić information content (AvgIpc) is 3.25. The quantitative estimate of drug-likeness (QED) is 0.370. The second kappa shape index (κ2) is 11.0. The topological polar surface area (TPSA) is 73.9 Å². The fourth-order valence-corrected chi connectivity index (χ4v) is 4.37. The monoisotopic (exact) mass is 467 g/mol. The fourth-order valence-electron chi connectivity index (χ4n) is 3.42. The van der Waals surface area contributed by atoms with Crippen LogP contribution in [0.25, 0.3) is 11.1 Å². The van der Waals surface area contributed by atoms with Gasteiger partial charge in [0.05, 0.1) is 26.4 Å². The molecular formula is C26H29NO5S. The van der Waals surface area contributed by atoms with E-state index in [4.69, 9.17) is 14.2 Å². The number of benzene rings is 2. The summed E-state index contributed by atoms with van der Waals surface area (Å²) in [5.41, 5.74) is 3.48. The molecule has 0 bridgehead atoms. The third kappa shape index (κ3) is 5.37. The van der Waals surface area contributed by atoms with Gasteiger partial charge in [-0.1, -0.05) is 51.1 Å². The molecule has 0 aliphatic rings. The molecule has 3 aromatic rings. The minimum Gasteiger partial charge on any atom is -0.493 e. The molecule has 6 nitrogen and oxygen atoms in total. The van der Waals surface area contributed by atoms with Crippen molar-refractivity contribution in [1.82, 2.24) is 0 Å². The Kier molecular flexibility index (Phi) is 8.11. The van der Waals surface area contributed by atoms with Crippen molar-refractivity contribution in [3.05, 3.63) is 64.5 Å². The lowest BCUT2D eigenvalue weighted by Crippen LogP contribution is -2.16. The Morgan fingerprint density at radius 3 is 2.36 bits per heavy atom. The van der Waals surface area contributed by atoms with Crippen LogP contribution in [-0.2, 0) is 4.74 Å². The van der Waals surface area contributed by atoms with Crippen LogP contribution in [0.3, 0.4) is 0 Å². The number of hydrogen-bond acceptors (Lipinski definition) is 6. The lowest BCUT2D eigenvalue weighted by atomic mass is 9.98. The van der Waals surface area contributed by atoms with E-state index in [9.17, 15) is 9.59 Å². The Balaban J connectivity index is 2.00. The molecule has 0 aliphatic carbocycles. The number of para-hydroxylation sites is 1. The molecule has 7 heteroatoms. The Labute approximate surface area is 198 Å². The highest BCUT2D eigenvalue weighted by Gasteiger charge is 2.25. The molecule has 2 aromatic carbocycles. The van der Waals surface area contributed by atoms with Gasteiger partial charge in [-0.3, -0.25) is 4.79 Å². The molecule has 0 aliphatic heterocycles. The van der Waals surface area contributed by atoms with Crippen molar-refractivity contribution in [2.45, 2.75) is 33.1 Å². The van der Waals surface area contributed by atoms with Gasteiger partial charge in [-0.05, 0) is 35.6 Å². The van der Waals surface area contributed by atoms with E-state index in [-0.39, 0.29) is 0 Å². The summed E-state index contributed by atoms with van der Waals surface area (Å²) in [5.74, 6) is 0.314. The highest BCUT2D eigenvalue weighted by atomic mass is 32.1. The largest absolute Gasteiger partial charge is 0.493 e. The molecule has 1 heterocycles. The van der Waals surface area contributed by atoms with Crippen LogP contribution in [0, 0.1) is 0 Å². The van der Waals surface area contributed by atoms with E-state index in [0.717, 1.165) is 11.1 Å². The number of anilines is 1. The van der Waals surface area contributed by atoms with E-state index in [2.05, 4.69) is 31.3 Å². The van der Waals surface area contributed by atoms with Crippen LogP contribution in [0.4, 0.5) is 5.00 Å². The number of carbonyl (C=O) groups excluding carboxylic acids is 2. The summed E-state index contributed by atoms with van der Waals surface area (Å²) < 4.78 is 16.1. The Bertz CT molecular complexity index is 1120. The predicted octanol–water partition coefficient (Wildman–Crippen LogP) is 6.37. The number of esters is 1. The molecule has 0 unspecified atom stereocenters.